The minimum atomic E-state index is -0.442. The zero-order valence-corrected chi connectivity index (χ0v) is 12.6. The Hall–Kier alpha value is -2.02. The predicted octanol–water partition coefficient (Wildman–Crippen LogP) is 0.402. The summed E-state index contributed by atoms with van der Waals surface area (Å²) < 4.78 is 10.6. The fourth-order valence-electron chi connectivity index (χ4n) is 2.24. The van der Waals surface area contributed by atoms with Crippen LogP contribution in [0.3, 0.4) is 0 Å². The van der Waals surface area contributed by atoms with Crippen molar-refractivity contribution in [3.63, 3.8) is 0 Å². The van der Waals surface area contributed by atoms with E-state index < -0.39 is 6.04 Å². The molecule has 1 aromatic heterocycles. The molecule has 7 heteroatoms. The van der Waals surface area contributed by atoms with Gasteiger partial charge in [0.25, 0.3) is 0 Å². The fraction of sp³-hybridized carbons (Fsp3) is 0.571. The van der Waals surface area contributed by atoms with Gasteiger partial charge >= 0.3 is 0 Å². The van der Waals surface area contributed by atoms with Crippen LogP contribution in [0.25, 0.3) is 0 Å². The van der Waals surface area contributed by atoms with Crippen molar-refractivity contribution in [2.75, 3.05) is 37.5 Å². The van der Waals surface area contributed by atoms with Gasteiger partial charge in [0.15, 0.2) is 5.82 Å². The number of hydrogen-bond acceptors (Lipinski definition) is 6. The van der Waals surface area contributed by atoms with E-state index in [-0.39, 0.29) is 11.9 Å². The Morgan fingerprint density at radius 1 is 1.57 bits per heavy atom. The van der Waals surface area contributed by atoms with Crippen LogP contribution in [0.5, 0.6) is 5.88 Å². The van der Waals surface area contributed by atoms with Crippen LogP contribution in [0.2, 0.25) is 0 Å². The number of morpholine rings is 1. The number of ether oxygens (including phenoxy) is 2. The van der Waals surface area contributed by atoms with Crippen molar-refractivity contribution < 1.29 is 14.3 Å². The molecule has 0 radical (unpaired) electrons. The molecule has 2 rings (SSSR count). The lowest BCUT2D eigenvalue weighted by molar-refractivity contribution is -0.125. The molecule has 116 valence electrons. The van der Waals surface area contributed by atoms with E-state index in [4.69, 9.17) is 15.2 Å². The summed E-state index contributed by atoms with van der Waals surface area (Å²) >= 11 is 0. The maximum atomic E-state index is 12.3. The second kappa shape index (κ2) is 6.62. The van der Waals surface area contributed by atoms with Gasteiger partial charge in [0.05, 0.1) is 26.0 Å². The average Bonchev–Trinajstić information content (AvgIpc) is 2.47. The quantitative estimate of drug-likeness (QED) is 0.835. The van der Waals surface area contributed by atoms with Crippen LogP contribution in [0, 0.1) is 0 Å². The van der Waals surface area contributed by atoms with Gasteiger partial charge < -0.3 is 25.4 Å². The molecule has 1 aromatic rings. The number of nitrogen functional groups attached to an aromatic ring is 1. The summed E-state index contributed by atoms with van der Waals surface area (Å²) in [6.45, 7) is 5.25. The molecule has 0 bridgehead atoms. The summed E-state index contributed by atoms with van der Waals surface area (Å²) in [5.41, 5.74) is 6.52. The standard InChI is InChI=1S/C14H22N4O3/c1-9(2)16-14(19)11-8-21-7-6-18(11)13-10(15)4-5-12(17-13)20-3/h4-5,9,11H,6-8,15H2,1-3H3,(H,16,19). The van der Waals surface area contributed by atoms with E-state index in [1.807, 2.05) is 18.7 Å². The molecule has 1 aliphatic heterocycles. The van der Waals surface area contributed by atoms with Crippen molar-refractivity contribution in [3.8, 4) is 5.88 Å². The number of anilines is 2. The summed E-state index contributed by atoms with van der Waals surface area (Å²) in [6.07, 6.45) is 0. The molecule has 0 aromatic carbocycles. The summed E-state index contributed by atoms with van der Waals surface area (Å²) in [5.74, 6) is 0.934. The van der Waals surface area contributed by atoms with E-state index in [1.165, 1.54) is 0 Å². The maximum Gasteiger partial charge on any atom is 0.245 e. The Kier molecular flexibility index (Phi) is 4.85. The lowest BCUT2D eigenvalue weighted by Gasteiger charge is -2.36. The smallest absolute Gasteiger partial charge is 0.245 e. The van der Waals surface area contributed by atoms with Gasteiger partial charge in [-0.05, 0) is 19.9 Å². The number of rotatable bonds is 4. The van der Waals surface area contributed by atoms with E-state index in [2.05, 4.69) is 10.3 Å². The topological polar surface area (TPSA) is 89.7 Å². The monoisotopic (exact) mass is 294 g/mol. The lowest BCUT2D eigenvalue weighted by atomic mass is 10.2. The Bertz CT molecular complexity index is 507. The van der Waals surface area contributed by atoms with Gasteiger partial charge in [0.1, 0.15) is 6.04 Å². The van der Waals surface area contributed by atoms with Crippen LogP contribution in [0.1, 0.15) is 13.8 Å². The Morgan fingerprint density at radius 3 is 3.00 bits per heavy atom. The number of nitrogens with two attached hydrogens (primary N) is 1. The van der Waals surface area contributed by atoms with Crippen molar-refractivity contribution in [3.05, 3.63) is 12.1 Å². The molecule has 1 atom stereocenters. The highest BCUT2D eigenvalue weighted by molar-refractivity contribution is 5.86. The number of carbonyl (C=O) groups excluding carboxylic acids is 1. The van der Waals surface area contributed by atoms with Gasteiger partial charge in [-0.25, -0.2) is 0 Å². The van der Waals surface area contributed by atoms with E-state index >= 15 is 0 Å². The van der Waals surface area contributed by atoms with Crippen LogP contribution in [-0.2, 0) is 9.53 Å². The normalized spacial score (nSPS) is 18.7. The average molecular weight is 294 g/mol. The zero-order chi connectivity index (χ0) is 15.4. The number of methoxy groups -OCH3 is 1. The maximum absolute atomic E-state index is 12.3. The highest BCUT2D eigenvalue weighted by Gasteiger charge is 2.32. The first-order valence-electron chi connectivity index (χ1n) is 6.98. The fourth-order valence-corrected chi connectivity index (χ4v) is 2.24. The lowest BCUT2D eigenvalue weighted by Crippen LogP contribution is -2.55. The molecule has 3 N–H and O–H groups in total. The highest BCUT2D eigenvalue weighted by Crippen LogP contribution is 2.27. The van der Waals surface area contributed by atoms with Gasteiger partial charge in [-0.2, -0.15) is 4.98 Å². The zero-order valence-electron chi connectivity index (χ0n) is 12.6. The molecule has 1 saturated heterocycles. The van der Waals surface area contributed by atoms with Gasteiger partial charge in [-0.3, -0.25) is 4.79 Å². The molecule has 0 aliphatic carbocycles. The van der Waals surface area contributed by atoms with E-state index in [1.54, 1.807) is 19.2 Å². The first-order chi connectivity index (χ1) is 10.0. The van der Waals surface area contributed by atoms with Crippen LogP contribution in [0.15, 0.2) is 12.1 Å². The molecule has 0 saturated carbocycles. The number of carbonyl (C=O) groups is 1. The van der Waals surface area contributed by atoms with Crippen molar-refractivity contribution in [2.45, 2.75) is 25.9 Å². The third kappa shape index (κ3) is 3.55. The molecule has 21 heavy (non-hydrogen) atoms. The number of hydrogen-bond donors (Lipinski definition) is 2. The Morgan fingerprint density at radius 2 is 2.33 bits per heavy atom. The summed E-state index contributed by atoms with van der Waals surface area (Å²) in [6, 6.07) is 3.05. The molecular weight excluding hydrogens is 272 g/mol. The molecule has 7 nitrogen and oxygen atoms in total. The summed E-state index contributed by atoms with van der Waals surface area (Å²) in [7, 11) is 1.55. The number of pyridine rings is 1. The molecule has 1 aliphatic rings. The van der Waals surface area contributed by atoms with Gasteiger partial charge in [0, 0.05) is 18.7 Å². The minimum absolute atomic E-state index is 0.0666. The third-order valence-electron chi connectivity index (χ3n) is 3.22. The second-order valence-electron chi connectivity index (χ2n) is 5.21. The van der Waals surface area contributed by atoms with Crippen LogP contribution in [0.4, 0.5) is 11.5 Å². The van der Waals surface area contributed by atoms with E-state index in [9.17, 15) is 4.79 Å². The molecule has 2 heterocycles. The Labute approximate surface area is 124 Å². The van der Waals surface area contributed by atoms with Crippen molar-refractivity contribution >= 4 is 17.4 Å². The molecule has 1 fully saturated rings. The first kappa shape index (κ1) is 15.4. The second-order valence-corrected chi connectivity index (χ2v) is 5.21. The van der Waals surface area contributed by atoms with Crippen LogP contribution in [-0.4, -0.2) is 49.8 Å². The van der Waals surface area contributed by atoms with E-state index in [0.29, 0.717) is 37.1 Å². The first-order valence-corrected chi connectivity index (χ1v) is 6.98. The van der Waals surface area contributed by atoms with Crippen molar-refractivity contribution in [1.82, 2.24) is 10.3 Å². The van der Waals surface area contributed by atoms with Gasteiger partial charge in [0.2, 0.25) is 11.8 Å². The molecule has 1 unspecified atom stereocenters. The highest BCUT2D eigenvalue weighted by atomic mass is 16.5. The van der Waals surface area contributed by atoms with Crippen LogP contribution >= 0.6 is 0 Å². The minimum Gasteiger partial charge on any atom is -0.481 e. The number of amides is 1. The number of nitrogens with zero attached hydrogens (tertiary/aromatic N) is 2. The molecular formula is C14H22N4O3. The SMILES string of the molecule is COc1ccc(N)c(N2CCOCC2C(=O)NC(C)C)n1. The van der Waals surface area contributed by atoms with Crippen molar-refractivity contribution in [1.29, 1.82) is 0 Å². The Balaban J connectivity index is 2.28. The van der Waals surface area contributed by atoms with Gasteiger partial charge in [-0.1, -0.05) is 0 Å². The predicted molar refractivity (Wildman–Crippen MR) is 80.4 cm³/mol. The van der Waals surface area contributed by atoms with E-state index in [0.717, 1.165) is 0 Å². The third-order valence-corrected chi connectivity index (χ3v) is 3.22. The summed E-state index contributed by atoms with van der Waals surface area (Å²) in [4.78, 5) is 18.6. The van der Waals surface area contributed by atoms with Crippen LogP contribution < -0.4 is 20.7 Å². The molecule has 0 spiro atoms. The summed E-state index contributed by atoms with van der Waals surface area (Å²) in [5, 5.41) is 2.90. The van der Waals surface area contributed by atoms with Crippen molar-refractivity contribution in [2.24, 2.45) is 0 Å². The van der Waals surface area contributed by atoms with Gasteiger partial charge in [-0.15, -0.1) is 0 Å². The largest absolute Gasteiger partial charge is 0.481 e. The number of aromatic nitrogens is 1. The molecule has 1 amide bonds. The number of nitrogens with one attached hydrogen (secondary N) is 1.